The van der Waals surface area contributed by atoms with Crippen molar-refractivity contribution in [2.24, 2.45) is 17.3 Å². The van der Waals surface area contributed by atoms with Crippen LogP contribution in [-0.4, -0.2) is 42.5 Å². The number of hydrogen-bond acceptors (Lipinski definition) is 5. The van der Waals surface area contributed by atoms with Crippen LogP contribution >= 0.6 is 0 Å². The molecule has 6 rings (SSSR count). The molecule has 1 fully saturated rings. The molecule has 186 valence electrons. The summed E-state index contributed by atoms with van der Waals surface area (Å²) < 4.78 is 12.8. The number of nitrogens with one attached hydrogen (secondary N) is 1. The van der Waals surface area contributed by atoms with Crippen LogP contribution in [0.3, 0.4) is 0 Å². The van der Waals surface area contributed by atoms with Gasteiger partial charge < -0.3 is 14.8 Å². The van der Waals surface area contributed by atoms with Crippen LogP contribution in [0.4, 0.5) is 0 Å². The lowest BCUT2D eigenvalue weighted by Gasteiger charge is -2.44. The van der Waals surface area contributed by atoms with Crippen LogP contribution in [0.25, 0.3) is 10.8 Å². The van der Waals surface area contributed by atoms with Crippen LogP contribution in [0.2, 0.25) is 0 Å². The van der Waals surface area contributed by atoms with Crippen molar-refractivity contribution in [3.05, 3.63) is 77.4 Å². The number of hydrogen-bond donors (Lipinski definition) is 1. The molecule has 1 amide bonds. The molecule has 6 heteroatoms. The van der Waals surface area contributed by atoms with E-state index in [-0.39, 0.29) is 47.1 Å². The molecule has 6 atom stereocenters. The number of nitrogens with zero attached hydrogens (tertiary/aromatic N) is 1. The van der Waals surface area contributed by atoms with Crippen LogP contribution in [0.1, 0.15) is 44.6 Å². The predicted molar refractivity (Wildman–Crippen MR) is 137 cm³/mol. The van der Waals surface area contributed by atoms with Gasteiger partial charge in [-0.05, 0) is 47.1 Å². The number of carbonyl (C=O) groups is 2. The number of ether oxygens (including phenoxy) is 2. The number of allylic oxidation sites excluding steroid dienone is 4. The number of methoxy groups -OCH3 is 1. The minimum atomic E-state index is -0.162. The van der Waals surface area contributed by atoms with E-state index in [4.69, 9.17) is 9.47 Å². The van der Waals surface area contributed by atoms with Gasteiger partial charge in [0.05, 0.1) is 11.7 Å². The first kappa shape index (κ1) is 23.2. The zero-order chi connectivity index (χ0) is 25.0. The van der Waals surface area contributed by atoms with Crippen molar-refractivity contribution in [1.82, 2.24) is 10.3 Å². The third-order valence-corrected chi connectivity index (χ3v) is 8.75. The fourth-order valence-corrected chi connectivity index (χ4v) is 6.93. The number of rotatable bonds is 4. The monoisotopic (exact) mass is 484 g/mol. The molecule has 4 aliphatic rings. The Morgan fingerprint density at radius 2 is 2.11 bits per heavy atom. The van der Waals surface area contributed by atoms with Gasteiger partial charge in [-0.15, -0.1) is 0 Å². The number of benzene rings is 1. The standard InChI is InChI=1S/C30H32N2O4/c1-17(33)32-15-18-10-25(34)23-13-21-6-8-30(2)24(29(21)36-26(23)11-18)14-27(35-3)28(30)20-5-4-19-7-9-31-16-22(19)12-20/h4-9,12-13,16,18,24,27-29H,10-11,14-15H2,1-3H3,(H,32,33)/t18?,24-,27+,28-,29+,30-/m0/s1. The summed E-state index contributed by atoms with van der Waals surface area (Å²) in [5.74, 6) is 1.26. The maximum atomic E-state index is 12.9. The fraction of sp³-hybridized carbons (Fsp3) is 0.433. The van der Waals surface area contributed by atoms with Gasteiger partial charge in [0.2, 0.25) is 5.91 Å². The van der Waals surface area contributed by atoms with Crippen molar-refractivity contribution >= 4 is 22.5 Å². The van der Waals surface area contributed by atoms with E-state index in [1.165, 1.54) is 17.9 Å². The van der Waals surface area contributed by atoms with Crippen LogP contribution in [0, 0.1) is 17.3 Å². The first-order valence-electron chi connectivity index (χ1n) is 12.8. The highest BCUT2D eigenvalue weighted by Gasteiger charge is 2.57. The average molecular weight is 485 g/mol. The van der Waals surface area contributed by atoms with Crippen molar-refractivity contribution in [2.45, 2.75) is 51.2 Å². The molecule has 1 aliphatic heterocycles. The Hall–Kier alpha value is -3.25. The van der Waals surface area contributed by atoms with Gasteiger partial charge in [-0.25, -0.2) is 0 Å². The molecule has 1 N–H and O–H groups in total. The third kappa shape index (κ3) is 3.70. The van der Waals surface area contributed by atoms with Crippen molar-refractivity contribution in [3.8, 4) is 0 Å². The first-order valence-corrected chi connectivity index (χ1v) is 12.8. The van der Waals surface area contributed by atoms with Gasteiger partial charge in [0.15, 0.2) is 5.78 Å². The lowest BCUT2D eigenvalue weighted by Crippen LogP contribution is -2.42. The summed E-state index contributed by atoms with van der Waals surface area (Å²) in [5, 5.41) is 5.17. The fourth-order valence-electron chi connectivity index (χ4n) is 6.93. The zero-order valence-electron chi connectivity index (χ0n) is 21.0. The lowest BCUT2D eigenvalue weighted by atomic mass is 9.64. The molecule has 3 aliphatic carbocycles. The molecule has 1 saturated carbocycles. The highest BCUT2D eigenvalue weighted by atomic mass is 16.5. The van der Waals surface area contributed by atoms with Crippen molar-refractivity contribution in [1.29, 1.82) is 0 Å². The topological polar surface area (TPSA) is 77.5 Å². The van der Waals surface area contributed by atoms with Gasteiger partial charge in [-0.2, -0.15) is 0 Å². The molecular formula is C30H32N2O4. The van der Waals surface area contributed by atoms with Crippen molar-refractivity contribution in [3.63, 3.8) is 0 Å². The maximum Gasteiger partial charge on any atom is 0.216 e. The van der Waals surface area contributed by atoms with Crippen molar-refractivity contribution < 1.29 is 19.1 Å². The largest absolute Gasteiger partial charge is 0.489 e. The normalized spacial score (nSPS) is 32.9. The number of carbonyl (C=O) groups excluding carboxylic acids is 2. The Morgan fingerprint density at radius 1 is 1.25 bits per heavy atom. The molecule has 1 aromatic carbocycles. The first-order chi connectivity index (χ1) is 17.4. The van der Waals surface area contributed by atoms with E-state index in [1.807, 2.05) is 24.5 Å². The van der Waals surface area contributed by atoms with E-state index in [9.17, 15) is 9.59 Å². The van der Waals surface area contributed by atoms with Crippen LogP contribution in [-0.2, 0) is 19.1 Å². The lowest BCUT2D eigenvalue weighted by molar-refractivity contribution is -0.120. The van der Waals surface area contributed by atoms with E-state index in [1.54, 1.807) is 7.11 Å². The third-order valence-electron chi connectivity index (χ3n) is 8.75. The molecule has 0 spiro atoms. The molecular weight excluding hydrogens is 452 g/mol. The van der Waals surface area contributed by atoms with E-state index >= 15 is 0 Å². The van der Waals surface area contributed by atoms with Gasteiger partial charge in [0, 0.05) is 68.5 Å². The quantitative estimate of drug-likeness (QED) is 0.685. The molecule has 0 radical (unpaired) electrons. The Morgan fingerprint density at radius 3 is 2.92 bits per heavy atom. The Bertz CT molecular complexity index is 1340. The second-order valence-corrected chi connectivity index (χ2v) is 10.9. The summed E-state index contributed by atoms with van der Waals surface area (Å²) in [6.07, 6.45) is 12.2. The Balaban J connectivity index is 1.33. The highest BCUT2D eigenvalue weighted by molar-refractivity contribution is 6.00. The number of fused-ring (bicyclic) bond motifs is 4. The Labute approximate surface area is 211 Å². The molecule has 1 aromatic heterocycles. The summed E-state index contributed by atoms with van der Waals surface area (Å²) >= 11 is 0. The van der Waals surface area contributed by atoms with E-state index in [0.717, 1.165) is 23.1 Å². The van der Waals surface area contributed by atoms with Crippen LogP contribution < -0.4 is 5.32 Å². The summed E-state index contributed by atoms with van der Waals surface area (Å²) in [5.41, 5.74) is 2.87. The molecule has 0 saturated heterocycles. The summed E-state index contributed by atoms with van der Waals surface area (Å²) in [4.78, 5) is 28.7. The van der Waals surface area contributed by atoms with E-state index in [2.05, 4.69) is 47.6 Å². The summed E-state index contributed by atoms with van der Waals surface area (Å²) in [7, 11) is 1.80. The zero-order valence-corrected chi connectivity index (χ0v) is 21.0. The number of aromatic nitrogens is 1. The van der Waals surface area contributed by atoms with Gasteiger partial charge in [-0.1, -0.05) is 31.2 Å². The molecule has 1 unspecified atom stereocenters. The molecule has 0 bridgehead atoms. The maximum absolute atomic E-state index is 12.9. The minimum Gasteiger partial charge on any atom is -0.489 e. The van der Waals surface area contributed by atoms with Gasteiger partial charge in [0.25, 0.3) is 0 Å². The average Bonchev–Trinajstić information content (AvgIpc) is 3.19. The minimum absolute atomic E-state index is 0.0533. The molecule has 2 heterocycles. The number of amides is 1. The van der Waals surface area contributed by atoms with E-state index in [0.29, 0.717) is 25.0 Å². The van der Waals surface area contributed by atoms with E-state index < -0.39 is 0 Å². The van der Waals surface area contributed by atoms with Crippen LogP contribution in [0.15, 0.2) is 71.8 Å². The molecule has 6 nitrogen and oxygen atoms in total. The summed E-state index contributed by atoms with van der Waals surface area (Å²) in [6.45, 7) is 4.32. The van der Waals surface area contributed by atoms with Gasteiger partial charge in [0.1, 0.15) is 11.9 Å². The van der Waals surface area contributed by atoms with Crippen LogP contribution in [0.5, 0.6) is 0 Å². The summed E-state index contributed by atoms with van der Waals surface area (Å²) in [6, 6.07) is 8.68. The second kappa shape index (κ2) is 8.70. The SMILES string of the molecule is CO[C@@H]1C[C@H]2[C@@H]3OC4=C(C=C3C=C[C@]2(C)[C@H]1c1ccc2ccncc2c1)C(=O)CC(CNC(C)=O)C4. The predicted octanol–water partition coefficient (Wildman–Crippen LogP) is 4.62. The smallest absolute Gasteiger partial charge is 0.216 e. The second-order valence-electron chi connectivity index (χ2n) is 10.9. The highest BCUT2D eigenvalue weighted by Crippen LogP contribution is 2.60. The number of ketones is 1. The molecule has 2 aromatic rings. The van der Waals surface area contributed by atoms with Gasteiger partial charge in [-0.3, -0.25) is 14.6 Å². The van der Waals surface area contributed by atoms with Gasteiger partial charge >= 0.3 is 0 Å². The molecule has 36 heavy (non-hydrogen) atoms. The Kier molecular flexibility index (Phi) is 5.60. The number of pyridine rings is 1. The van der Waals surface area contributed by atoms with Crippen molar-refractivity contribution in [2.75, 3.05) is 13.7 Å². The number of Topliss-reactive ketones (excluding diaryl/α,β-unsaturated/α-hetero) is 1.